The van der Waals surface area contributed by atoms with E-state index in [4.69, 9.17) is 4.74 Å². The molecule has 1 aromatic heterocycles. The Morgan fingerprint density at radius 3 is 2.40 bits per heavy atom. The summed E-state index contributed by atoms with van der Waals surface area (Å²) in [6.45, 7) is 12.3. The topological polar surface area (TPSA) is 120 Å². The summed E-state index contributed by atoms with van der Waals surface area (Å²) in [4.78, 5) is 45.3. The van der Waals surface area contributed by atoms with E-state index < -0.39 is 29.8 Å². The molecule has 2 fully saturated rings. The maximum Gasteiger partial charge on any atom is 0.410 e. The molecule has 2 N–H and O–H groups in total. The number of carbonyl (C=O) groups is 3. The maximum absolute atomic E-state index is 13.4. The predicted octanol–water partition coefficient (Wildman–Crippen LogP) is 6.33. The van der Waals surface area contributed by atoms with Gasteiger partial charge in [0, 0.05) is 62.4 Å². The van der Waals surface area contributed by atoms with Gasteiger partial charge in [-0.2, -0.15) is 0 Å². The Bertz CT molecular complexity index is 1240. The summed E-state index contributed by atoms with van der Waals surface area (Å²) in [5.74, 6) is -0.557. The van der Waals surface area contributed by atoms with Crippen molar-refractivity contribution in [3.05, 3.63) is 65.5 Å². The number of aromatic nitrogens is 1. The van der Waals surface area contributed by atoms with E-state index in [-0.39, 0.29) is 31.1 Å². The van der Waals surface area contributed by atoms with Crippen LogP contribution in [0.15, 0.2) is 54.3 Å². The molecule has 1 saturated carbocycles. The number of aryl methyl sites for hydroxylation is 1. The molecule has 266 valence electrons. The fourth-order valence-corrected chi connectivity index (χ4v) is 6.87. The van der Waals surface area contributed by atoms with Crippen LogP contribution in [0.3, 0.4) is 0 Å². The minimum atomic E-state index is -1.51. The monoisotopic (exact) mass is 665 g/mol. The molecule has 0 bridgehead atoms. The zero-order chi connectivity index (χ0) is 35.1. The summed E-state index contributed by atoms with van der Waals surface area (Å²) >= 11 is 0. The Morgan fingerprint density at radius 1 is 1.08 bits per heavy atom. The average Bonchev–Trinajstić information content (AvgIpc) is 3.36. The maximum atomic E-state index is 13.4. The number of ether oxygens (including phenoxy) is 1. The van der Waals surface area contributed by atoms with Crippen LogP contribution in [0.25, 0.3) is 0 Å². The van der Waals surface area contributed by atoms with E-state index in [0.717, 1.165) is 36.2 Å². The Morgan fingerprint density at radius 2 is 1.77 bits per heavy atom. The van der Waals surface area contributed by atoms with Crippen LogP contribution in [-0.2, 0) is 14.3 Å². The number of carbonyl (C=O) groups excluding carboxylic acids is 3. The van der Waals surface area contributed by atoms with Gasteiger partial charge in [0.25, 0.3) is 0 Å². The highest BCUT2D eigenvalue weighted by Gasteiger charge is 2.36. The molecule has 2 heterocycles. The van der Waals surface area contributed by atoms with E-state index in [0.29, 0.717) is 25.4 Å². The number of allylic oxidation sites excluding steroid dienone is 5. The van der Waals surface area contributed by atoms with Crippen LogP contribution in [0.1, 0.15) is 103 Å². The smallest absolute Gasteiger partial charge is 0.410 e. The van der Waals surface area contributed by atoms with Crippen molar-refractivity contribution in [3.8, 4) is 0 Å². The van der Waals surface area contributed by atoms with E-state index >= 15 is 0 Å². The first kappa shape index (κ1) is 39.3. The van der Waals surface area contributed by atoms with Crippen molar-refractivity contribution in [1.82, 2.24) is 14.8 Å². The van der Waals surface area contributed by atoms with Crippen LogP contribution in [0, 0.1) is 18.8 Å². The van der Waals surface area contributed by atoms with E-state index in [1.165, 1.54) is 38.5 Å². The van der Waals surface area contributed by atoms with Gasteiger partial charge in [-0.25, -0.2) is 4.79 Å². The quantitative estimate of drug-likeness (QED) is 0.0910. The third kappa shape index (κ3) is 12.1. The molecule has 48 heavy (non-hydrogen) atoms. The van der Waals surface area contributed by atoms with Gasteiger partial charge in [0.05, 0.1) is 6.10 Å². The van der Waals surface area contributed by atoms with Crippen LogP contribution in [0.4, 0.5) is 4.79 Å². The molecule has 0 spiro atoms. The van der Waals surface area contributed by atoms with Crippen molar-refractivity contribution in [1.29, 1.82) is 0 Å². The lowest BCUT2D eigenvalue weighted by Crippen LogP contribution is -2.53. The molecule has 6 atom stereocenters. The molecule has 9 nitrogen and oxygen atoms in total. The Balaban J connectivity index is 1.69. The summed E-state index contributed by atoms with van der Waals surface area (Å²) < 4.78 is 5.98. The van der Waals surface area contributed by atoms with E-state index in [1.807, 2.05) is 51.1 Å². The second-order valence-corrected chi connectivity index (χ2v) is 14.1. The number of aliphatic hydroxyl groups is 2. The molecule has 0 aromatic carbocycles. The van der Waals surface area contributed by atoms with Crippen LogP contribution >= 0.6 is 0 Å². The van der Waals surface area contributed by atoms with Gasteiger partial charge >= 0.3 is 6.09 Å². The first-order chi connectivity index (χ1) is 23.0. The SMILES string of the molecule is C/C(=C\C=C\C(C)c1ncccc1C)[C@@H](C=O)[C@@H](C)/C=C/[C@H](OC(=O)N1CCN(C2CCCCCC2)CC1)[C@@](C)(O)CC[C@H](O)CC=O. The van der Waals surface area contributed by atoms with Gasteiger partial charge in [-0.1, -0.05) is 75.5 Å². The molecule has 3 rings (SSSR count). The lowest BCUT2D eigenvalue weighted by molar-refractivity contribution is -0.111. The molecular formula is C39H59N3O6. The van der Waals surface area contributed by atoms with Gasteiger partial charge in [0.15, 0.2) is 6.10 Å². The molecular weight excluding hydrogens is 606 g/mol. The number of pyridine rings is 1. The highest BCUT2D eigenvalue weighted by Crippen LogP contribution is 2.28. The summed E-state index contributed by atoms with van der Waals surface area (Å²) in [6.07, 6.45) is 18.2. The Labute approximate surface area is 288 Å². The molecule has 0 radical (unpaired) electrons. The van der Waals surface area contributed by atoms with Crippen LogP contribution in [0.5, 0.6) is 0 Å². The van der Waals surface area contributed by atoms with E-state index in [9.17, 15) is 24.6 Å². The molecule has 1 unspecified atom stereocenters. The number of amides is 1. The third-order valence-electron chi connectivity index (χ3n) is 10.2. The molecule has 9 heteroatoms. The summed E-state index contributed by atoms with van der Waals surface area (Å²) in [5.41, 5.74) is 1.51. The van der Waals surface area contributed by atoms with Gasteiger partial charge in [-0.05, 0) is 70.1 Å². The molecule has 1 aliphatic carbocycles. The fraction of sp³-hybridized carbons (Fsp3) is 0.641. The highest BCUT2D eigenvalue weighted by molar-refractivity contribution is 5.68. The number of nitrogens with zero attached hydrogens (tertiary/aromatic N) is 3. The highest BCUT2D eigenvalue weighted by atomic mass is 16.6. The van der Waals surface area contributed by atoms with E-state index in [1.54, 1.807) is 24.1 Å². The van der Waals surface area contributed by atoms with Crippen molar-refractivity contribution in [2.75, 3.05) is 26.2 Å². The minimum absolute atomic E-state index is 0.0278. The number of aliphatic hydroxyl groups excluding tert-OH is 1. The van der Waals surface area contributed by atoms with Crippen molar-refractivity contribution in [2.45, 2.75) is 122 Å². The Hall–Kier alpha value is -3.14. The van der Waals surface area contributed by atoms with Gasteiger partial charge in [0.1, 0.15) is 18.2 Å². The standard InChI is InChI=1S/C39H59N3O6/c1-29(12-10-13-31(3)37-32(4)14-11-22-40-37)35(28-44)30(2)17-18-36(39(5,47)21-19-34(45)20-27-43)48-38(46)42-25-23-41(24-26-42)33-15-8-6-7-9-16-33/h10-14,17-18,22,27-28,30-31,33-36,45,47H,6-9,15-16,19-21,23-26H2,1-5H3/b13-10+,18-17+,29-12+/t30-,31?,34-,35+,36-,39-/m0/s1. The second-order valence-electron chi connectivity index (χ2n) is 14.1. The summed E-state index contributed by atoms with van der Waals surface area (Å²) in [6, 6.07) is 4.54. The minimum Gasteiger partial charge on any atom is -0.439 e. The van der Waals surface area contributed by atoms with Gasteiger partial charge in [0.2, 0.25) is 0 Å². The van der Waals surface area contributed by atoms with Crippen LogP contribution in [-0.4, -0.2) is 93.7 Å². The van der Waals surface area contributed by atoms with Crippen molar-refractivity contribution >= 4 is 18.7 Å². The molecule has 1 aromatic rings. The van der Waals surface area contributed by atoms with E-state index in [2.05, 4.69) is 22.9 Å². The number of rotatable bonds is 16. The normalized spacial score (nSPS) is 21.6. The van der Waals surface area contributed by atoms with Crippen molar-refractivity contribution in [3.63, 3.8) is 0 Å². The first-order valence-corrected chi connectivity index (χ1v) is 17.9. The zero-order valence-electron chi connectivity index (χ0n) is 29.8. The summed E-state index contributed by atoms with van der Waals surface area (Å²) in [7, 11) is 0. The molecule has 1 amide bonds. The molecule has 1 saturated heterocycles. The van der Waals surface area contributed by atoms with Gasteiger partial charge in [-0.15, -0.1) is 0 Å². The van der Waals surface area contributed by atoms with Crippen LogP contribution < -0.4 is 0 Å². The van der Waals surface area contributed by atoms with Crippen molar-refractivity contribution < 1.29 is 29.3 Å². The molecule has 1 aliphatic heterocycles. The fourth-order valence-electron chi connectivity index (χ4n) is 6.87. The number of hydrogen-bond donors (Lipinski definition) is 2. The van der Waals surface area contributed by atoms with Crippen LogP contribution in [0.2, 0.25) is 0 Å². The summed E-state index contributed by atoms with van der Waals surface area (Å²) in [5, 5.41) is 21.7. The lowest BCUT2D eigenvalue weighted by atomic mass is 9.86. The average molecular weight is 666 g/mol. The third-order valence-corrected chi connectivity index (χ3v) is 10.2. The molecule has 2 aliphatic rings. The zero-order valence-corrected chi connectivity index (χ0v) is 29.8. The lowest BCUT2D eigenvalue weighted by Gasteiger charge is -2.40. The van der Waals surface area contributed by atoms with Gasteiger partial charge in [-0.3, -0.25) is 9.88 Å². The number of piperazine rings is 1. The number of hydrogen-bond acceptors (Lipinski definition) is 8. The van der Waals surface area contributed by atoms with Gasteiger partial charge < -0.3 is 29.4 Å². The first-order valence-electron chi connectivity index (χ1n) is 17.9. The predicted molar refractivity (Wildman–Crippen MR) is 190 cm³/mol. The second kappa shape index (κ2) is 19.8. The van der Waals surface area contributed by atoms with Crippen molar-refractivity contribution in [2.24, 2.45) is 11.8 Å². The Kier molecular flexibility index (Phi) is 16.2. The number of aldehydes is 2. The largest absolute Gasteiger partial charge is 0.439 e.